The van der Waals surface area contributed by atoms with Gasteiger partial charge in [-0.1, -0.05) is 38.1 Å². The van der Waals surface area contributed by atoms with Gasteiger partial charge in [0.05, 0.1) is 26.3 Å². The largest absolute Gasteiger partial charge is 0.496 e. The number of hydrogen-bond acceptors (Lipinski definition) is 7. The third kappa shape index (κ3) is 7.67. The van der Waals surface area contributed by atoms with Gasteiger partial charge in [-0.05, 0) is 99.5 Å². The summed E-state index contributed by atoms with van der Waals surface area (Å²) in [5.74, 6) is 2.75. The molecule has 3 aromatic rings. The summed E-state index contributed by atoms with van der Waals surface area (Å²) in [7, 11) is 1.71. The summed E-state index contributed by atoms with van der Waals surface area (Å²) in [6, 6.07) is 14.7. The highest BCUT2D eigenvalue weighted by molar-refractivity contribution is 5.95. The highest BCUT2D eigenvalue weighted by Crippen LogP contribution is 2.39. The molecule has 1 aliphatic heterocycles. The Morgan fingerprint density at radius 2 is 1.77 bits per heavy atom. The number of rotatable bonds is 9. The van der Waals surface area contributed by atoms with E-state index in [2.05, 4.69) is 45.0 Å². The van der Waals surface area contributed by atoms with E-state index in [4.69, 9.17) is 18.9 Å². The predicted molar refractivity (Wildman–Crippen MR) is 181 cm³/mol. The van der Waals surface area contributed by atoms with E-state index in [9.17, 15) is 14.7 Å². The fourth-order valence-corrected chi connectivity index (χ4v) is 7.40. The van der Waals surface area contributed by atoms with Crippen LogP contribution in [0.15, 0.2) is 53.1 Å². The minimum absolute atomic E-state index is 0.127. The van der Waals surface area contributed by atoms with Crippen molar-refractivity contribution in [3.63, 3.8) is 0 Å². The van der Waals surface area contributed by atoms with Gasteiger partial charge in [0.15, 0.2) is 5.89 Å². The zero-order chi connectivity index (χ0) is 33.1. The molecule has 1 saturated heterocycles. The molecule has 9 nitrogen and oxygen atoms in total. The summed E-state index contributed by atoms with van der Waals surface area (Å²) in [6.07, 6.45) is 7.70. The molecule has 47 heavy (non-hydrogen) atoms. The van der Waals surface area contributed by atoms with Crippen LogP contribution in [0.3, 0.4) is 0 Å². The average molecular weight is 644 g/mol. The Morgan fingerprint density at radius 1 is 1.02 bits per heavy atom. The first-order valence-electron chi connectivity index (χ1n) is 17.3. The molecule has 9 heteroatoms. The number of β-amino-alcohol motifs (C(OH)–C–C–N with tert-alkyl or cyclic N) is 1. The summed E-state index contributed by atoms with van der Waals surface area (Å²) in [6.45, 7) is 7.55. The van der Waals surface area contributed by atoms with E-state index in [1.54, 1.807) is 13.4 Å². The van der Waals surface area contributed by atoms with Gasteiger partial charge in [0.1, 0.15) is 23.8 Å². The van der Waals surface area contributed by atoms with E-state index in [-0.39, 0.29) is 29.9 Å². The molecule has 3 fully saturated rings. The minimum atomic E-state index is -0.455. The number of carbonyl (C=O) groups is 2. The maximum atomic E-state index is 14.4. The van der Waals surface area contributed by atoms with Crippen molar-refractivity contribution in [2.45, 2.75) is 96.2 Å². The lowest BCUT2D eigenvalue weighted by atomic mass is 9.78. The Bertz CT molecular complexity index is 1530. The van der Waals surface area contributed by atoms with Crippen molar-refractivity contribution >= 4 is 17.7 Å². The number of amides is 2. The number of aliphatic hydroxyl groups is 1. The predicted octanol–water partition coefficient (Wildman–Crippen LogP) is 7.46. The number of aromatic nitrogens is 1. The molecule has 2 heterocycles. The van der Waals surface area contributed by atoms with Gasteiger partial charge in [-0.25, -0.2) is 9.78 Å². The third-order valence-corrected chi connectivity index (χ3v) is 10.3. The molecule has 0 atom stereocenters. The molecule has 0 bridgehead atoms. The van der Waals surface area contributed by atoms with Gasteiger partial charge in [0.2, 0.25) is 5.91 Å². The number of carbonyl (C=O) groups excluding carboxylic acids is 2. The second-order valence-electron chi connectivity index (χ2n) is 14.1. The molecule has 2 aliphatic carbocycles. The Kier molecular flexibility index (Phi) is 10.2. The number of ether oxygens (including phenoxy) is 2. The number of aryl methyl sites for hydroxylation is 1. The van der Waals surface area contributed by atoms with E-state index >= 15 is 0 Å². The molecule has 2 aromatic carbocycles. The van der Waals surface area contributed by atoms with Gasteiger partial charge in [-0.15, -0.1) is 0 Å². The van der Waals surface area contributed by atoms with Crippen LogP contribution in [0, 0.1) is 18.8 Å². The summed E-state index contributed by atoms with van der Waals surface area (Å²) in [5.41, 5.74) is 5.13. The van der Waals surface area contributed by atoms with Gasteiger partial charge < -0.3 is 28.8 Å². The van der Waals surface area contributed by atoms with Gasteiger partial charge in [0, 0.05) is 29.6 Å². The molecule has 0 radical (unpaired) electrons. The molecule has 1 N–H and O–H groups in total. The van der Waals surface area contributed by atoms with E-state index in [1.165, 1.54) is 16.0 Å². The van der Waals surface area contributed by atoms with Gasteiger partial charge >= 0.3 is 6.09 Å². The Morgan fingerprint density at radius 3 is 2.40 bits per heavy atom. The SMILES string of the molecule is COc1ccc(C2CCC(CN(C(=O)C3CCC(OC(=O)N4CC(O)C4)CC3)c3cccc(-c4coc(C(C)C)n4)c3)CC2)cc1C. The second kappa shape index (κ2) is 14.5. The summed E-state index contributed by atoms with van der Waals surface area (Å²) in [5, 5.41) is 9.53. The molecule has 252 valence electrons. The highest BCUT2D eigenvalue weighted by atomic mass is 16.6. The molecular weight excluding hydrogens is 594 g/mol. The van der Waals surface area contributed by atoms with Crippen LogP contribution in [-0.2, 0) is 9.53 Å². The number of hydrogen-bond donors (Lipinski definition) is 1. The molecule has 3 aliphatic rings. The fraction of sp³-hybridized carbons (Fsp3) is 0.553. The van der Waals surface area contributed by atoms with Gasteiger partial charge in [-0.2, -0.15) is 0 Å². The zero-order valence-corrected chi connectivity index (χ0v) is 28.2. The van der Waals surface area contributed by atoms with Crippen LogP contribution in [0.1, 0.15) is 94.1 Å². The standard InChI is InChI=1S/C38H49N3O6/c1-24(2)36-39-34(23-46-36)30-6-5-7-31(19-30)41(20-26-8-10-27(11-9-26)29-14-17-35(45-4)25(3)18-29)37(43)28-12-15-33(16-13-28)47-38(44)40-21-32(42)22-40/h5-7,14,17-19,23-24,26-28,32-33,42H,8-13,15-16,20-22H2,1-4H3. The molecule has 1 aromatic heterocycles. The van der Waals surface area contributed by atoms with Crippen LogP contribution < -0.4 is 9.64 Å². The molecule has 2 amide bonds. The number of nitrogens with zero attached hydrogens (tertiary/aromatic N) is 3. The number of aliphatic hydroxyl groups excluding tert-OH is 1. The van der Waals surface area contributed by atoms with Gasteiger partial charge in [-0.3, -0.25) is 4.79 Å². The zero-order valence-electron chi connectivity index (χ0n) is 28.2. The van der Waals surface area contributed by atoms with Crippen LogP contribution in [0.25, 0.3) is 11.3 Å². The van der Waals surface area contributed by atoms with Crippen LogP contribution in [-0.4, -0.2) is 65.9 Å². The van der Waals surface area contributed by atoms with Crippen molar-refractivity contribution in [2.75, 3.05) is 31.6 Å². The first-order valence-corrected chi connectivity index (χ1v) is 17.3. The lowest BCUT2D eigenvalue weighted by Crippen LogP contribution is -2.54. The lowest BCUT2D eigenvalue weighted by molar-refractivity contribution is -0.124. The average Bonchev–Trinajstić information content (AvgIpc) is 3.57. The number of benzene rings is 2. The van der Waals surface area contributed by atoms with Crippen LogP contribution in [0.4, 0.5) is 10.5 Å². The first kappa shape index (κ1) is 33.1. The summed E-state index contributed by atoms with van der Waals surface area (Å²) in [4.78, 5) is 35.0. The topological polar surface area (TPSA) is 105 Å². The third-order valence-electron chi connectivity index (χ3n) is 10.3. The first-order chi connectivity index (χ1) is 22.7. The van der Waals surface area contributed by atoms with Crippen molar-refractivity contribution in [3.8, 4) is 17.0 Å². The number of likely N-dealkylation sites (tertiary alicyclic amines) is 1. The Balaban J connectivity index is 1.15. The van der Waals surface area contributed by atoms with E-state index < -0.39 is 6.10 Å². The maximum absolute atomic E-state index is 14.4. The Hall–Kier alpha value is -3.85. The normalized spacial score (nSPS) is 23.3. The van der Waals surface area contributed by atoms with Crippen molar-refractivity contribution < 1.29 is 28.6 Å². The minimum Gasteiger partial charge on any atom is -0.496 e. The van der Waals surface area contributed by atoms with Crippen LogP contribution in [0.5, 0.6) is 5.75 Å². The fourth-order valence-electron chi connectivity index (χ4n) is 7.40. The van der Waals surface area contributed by atoms with E-state index in [0.29, 0.717) is 63.0 Å². The number of anilines is 1. The Labute approximate surface area is 278 Å². The van der Waals surface area contributed by atoms with Crippen LogP contribution in [0.2, 0.25) is 0 Å². The van der Waals surface area contributed by atoms with E-state index in [1.807, 2.05) is 23.1 Å². The maximum Gasteiger partial charge on any atom is 0.410 e. The second-order valence-corrected chi connectivity index (χ2v) is 14.1. The molecule has 6 rings (SSSR count). The molecule has 2 saturated carbocycles. The monoisotopic (exact) mass is 643 g/mol. The molecule has 0 spiro atoms. The van der Waals surface area contributed by atoms with Crippen molar-refractivity contribution in [2.24, 2.45) is 11.8 Å². The van der Waals surface area contributed by atoms with E-state index in [0.717, 1.165) is 48.4 Å². The number of oxazole rings is 1. The van der Waals surface area contributed by atoms with Crippen molar-refractivity contribution in [1.29, 1.82) is 0 Å². The van der Waals surface area contributed by atoms with Crippen LogP contribution >= 0.6 is 0 Å². The summed E-state index contributed by atoms with van der Waals surface area (Å²) < 4.78 is 16.9. The van der Waals surface area contributed by atoms with Crippen molar-refractivity contribution in [1.82, 2.24) is 9.88 Å². The number of methoxy groups -OCH3 is 1. The smallest absolute Gasteiger partial charge is 0.410 e. The molecule has 0 unspecified atom stereocenters. The highest BCUT2D eigenvalue weighted by Gasteiger charge is 2.36. The lowest BCUT2D eigenvalue weighted by Gasteiger charge is -2.38. The molecular formula is C38H49N3O6. The van der Waals surface area contributed by atoms with Gasteiger partial charge in [0.25, 0.3) is 0 Å². The van der Waals surface area contributed by atoms with Crippen molar-refractivity contribution in [3.05, 3.63) is 65.7 Å². The quantitative estimate of drug-likeness (QED) is 0.258. The summed E-state index contributed by atoms with van der Waals surface area (Å²) >= 11 is 0.